The van der Waals surface area contributed by atoms with Crippen LogP contribution in [-0.4, -0.2) is 32.3 Å². The van der Waals surface area contributed by atoms with Crippen molar-refractivity contribution in [3.05, 3.63) is 35.6 Å². The molecule has 1 aliphatic heterocycles. The predicted molar refractivity (Wildman–Crippen MR) is 58.9 cm³/mol. The number of hydrogen-bond donors (Lipinski definition) is 1. The molecule has 92 valence electrons. The van der Waals surface area contributed by atoms with Crippen LogP contribution >= 0.6 is 0 Å². The molecule has 2 atom stereocenters. The first-order chi connectivity index (χ1) is 8.20. The summed E-state index contributed by atoms with van der Waals surface area (Å²) in [6.45, 7) is 0.764. The highest BCUT2D eigenvalue weighted by Crippen LogP contribution is 2.18. The van der Waals surface area contributed by atoms with Crippen molar-refractivity contribution in [2.75, 3.05) is 20.3 Å². The predicted octanol–water partition coefficient (Wildman–Crippen LogP) is 1.03. The number of methoxy groups -OCH3 is 1. The number of benzene rings is 1. The summed E-state index contributed by atoms with van der Waals surface area (Å²) in [6, 6.07) is 6.20. The Morgan fingerprint density at radius 3 is 2.71 bits per heavy atom. The summed E-state index contributed by atoms with van der Waals surface area (Å²) >= 11 is 0. The minimum Gasteiger partial charge on any atom is -0.467 e. The maximum atomic E-state index is 12.8. The lowest BCUT2D eigenvalue weighted by Crippen LogP contribution is -2.45. The summed E-state index contributed by atoms with van der Waals surface area (Å²) < 4.78 is 22.7. The molecule has 1 aliphatic rings. The van der Waals surface area contributed by atoms with Crippen LogP contribution in [0.25, 0.3) is 0 Å². The van der Waals surface area contributed by atoms with Crippen LogP contribution in [0.5, 0.6) is 0 Å². The minimum atomic E-state index is -0.559. The highest BCUT2D eigenvalue weighted by molar-refractivity contribution is 5.74. The maximum absolute atomic E-state index is 12.8. The molecule has 17 heavy (non-hydrogen) atoms. The number of esters is 1. The van der Waals surface area contributed by atoms with E-state index in [1.165, 1.54) is 19.2 Å². The molecule has 4 nitrogen and oxygen atoms in total. The Morgan fingerprint density at radius 2 is 2.18 bits per heavy atom. The van der Waals surface area contributed by atoms with Crippen molar-refractivity contribution in [2.45, 2.75) is 12.1 Å². The van der Waals surface area contributed by atoms with Crippen molar-refractivity contribution in [2.24, 2.45) is 0 Å². The highest BCUT2D eigenvalue weighted by atomic mass is 19.1. The van der Waals surface area contributed by atoms with E-state index in [-0.39, 0.29) is 17.8 Å². The zero-order valence-corrected chi connectivity index (χ0v) is 9.48. The lowest BCUT2D eigenvalue weighted by Gasteiger charge is -2.29. The van der Waals surface area contributed by atoms with Gasteiger partial charge in [0.25, 0.3) is 0 Å². The molecule has 0 amide bonds. The van der Waals surface area contributed by atoms with Gasteiger partial charge in [0.05, 0.1) is 19.8 Å². The van der Waals surface area contributed by atoms with E-state index in [1.807, 2.05) is 0 Å². The van der Waals surface area contributed by atoms with Gasteiger partial charge in [-0.3, -0.25) is 0 Å². The second-order valence-electron chi connectivity index (χ2n) is 3.86. The summed E-state index contributed by atoms with van der Waals surface area (Å²) in [5.74, 6) is -0.645. The first kappa shape index (κ1) is 12.0. The Labute approximate surface area is 98.7 Å². The molecule has 1 saturated heterocycles. The van der Waals surface area contributed by atoms with Gasteiger partial charge in [-0.05, 0) is 17.7 Å². The van der Waals surface area contributed by atoms with Gasteiger partial charge >= 0.3 is 5.97 Å². The number of ether oxygens (including phenoxy) is 2. The number of morpholine rings is 1. The minimum absolute atomic E-state index is 0.0171. The van der Waals surface area contributed by atoms with Crippen molar-refractivity contribution in [3.8, 4) is 0 Å². The molecule has 0 saturated carbocycles. The Morgan fingerprint density at radius 1 is 1.47 bits per heavy atom. The van der Waals surface area contributed by atoms with Crippen molar-refractivity contribution >= 4 is 5.97 Å². The topological polar surface area (TPSA) is 47.6 Å². The molecule has 0 aromatic heterocycles. The zero-order chi connectivity index (χ0) is 12.3. The summed E-state index contributed by atoms with van der Waals surface area (Å²) in [5.41, 5.74) is 0.940. The van der Waals surface area contributed by atoms with Crippen LogP contribution in [0, 0.1) is 5.82 Å². The van der Waals surface area contributed by atoms with Gasteiger partial charge in [0.1, 0.15) is 5.82 Å². The van der Waals surface area contributed by atoms with Gasteiger partial charge in [0.15, 0.2) is 6.10 Å². The highest BCUT2D eigenvalue weighted by Gasteiger charge is 2.27. The lowest BCUT2D eigenvalue weighted by atomic mass is 10.1. The van der Waals surface area contributed by atoms with Gasteiger partial charge in [-0.2, -0.15) is 0 Å². The van der Waals surface area contributed by atoms with Gasteiger partial charge in [0, 0.05) is 6.54 Å². The molecule has 2 rings (SSSR count). The van der Waals surface area contributed by atoms with Crippen LogP contribution in [0.1, 0.15) is 11.6 Å². The summed E-state index contributed by atoms with van der Waals surface area (Å²) in [6.07, 6.45) is -0.559. The van der Waals surface area contributed by atoms with E-state index in [0.29, 0.717) is 13.2 Å². The van der Waals surface area contributed by atoms with E-state index in [4.69, 9.17) is 4.74 Å². The van der Waals surface area contributed by atoms with Crippen LogP contribution in [0.4, 0.5) is 4.39 Å². The summed E-state index contributed by atoms with van der Waals surface area (Å²) in [4.78, 5) is 11.2. The normalized spacial score (nSPS) is 24.4. The van der Waals surface area contributed by atoms with Crippen molar-refractivity contribution in [1.82, 2.24) is 5.32 Å². The van der Waals surface area contributed by atoms with Gasteiger partial charge in [-0.15, -0.1) is 0 Å². The summed E-state index contributed by atoms with van der Waals surface area (Å²) in [7, 11) is 1.33. The summed E-state index contributed by atoms with van der Waals surface area (Å²) in [5, 5.41) is 3.17. The van der Waals surface area contributed by atoms with E-state index >= 15 is 0 Å². The van der Waals surface area contributed by atoms with E-state index in [0.717, 1.165) is 5.56 Å². The van der Waals surface area contributed by atoms with Crippen LogP contribution < -0.4 is 5.32 Å². The number of hydrogen-bond acceptors (Lipinski definition) is 4. The lowest BCUT2D eigenvalue weighted by molar-refractivity contribution is -0.156. The Kier molecular flexibility index (Phi) is 3.71. The number of carbonyl (C=O) groups excluding carboxylic acids is 1. The Bertz CT molecular complexity index is 385. The number of halogens is 1. The fourth-order valence-corrected chi connectivity index (χ4v) is 1.77. The van der Waals surface area contributed by atoms with E-state index in [1.54, 1.807) is 12.1 Å². The van der Waals surface area contributed by atoms with E-state index in [9.17, 15) is 9.18 Å². The SMILES string of the molecule is COC(=O)C1CNC(c2ccc(F)cc2)CO1. The Hall–Kier alpha value is -1.46. The monoisotopic (exact) mass is 239 g/mol. The maximum Gasteiger partial charge on any atom is 0.336 e. The molecule has 0 radical (unpaired) electrons. The smallest absolute Gasteiger partial charge is 0.336 e. The van der Waals surface area contributed by atoms with Gasteiger partial charge in [-0.1, -0.05) is 12.1 Å². The fourth-order valence-electron chi connectivity index (χ4n) is 1.77. The molecule has 1 aromatic carbocycles. The average Bonchev–Trinajstić information content (AvgIpc) is 2.39. The molecule has 0 spiro atoms. The Balaban J connectivity index is 1.95. The van der Waals surface area contributed by atoms with Crippen LogP contribution in [-0.2, 0) is 14.3 Å². The van der Waals surface area contributed by atoms with E-state index < -0.39 is 6.10 Å². The number of carbonyl (C=O) groups is 1. The van der Waals surface area contributed by atoms with E-state index in [2.05, 4.69) is 10.1 Å². The second kappa shape index (κ2) is 5.25. The third kappa shape index (κ3) is 2.81. The van der Waals surface area contributed by atoms with Crippen LogP contribution in [0.2, 0.25) is 0 Å². The average molecular weight is 239 g/mol. The first-order valence-corrected chi connectivity index (χ1v) is 5.39. The number of nitrogens with one attached hydrogen (secondary N) is 1. The van der Waals surface area contributed by atoms with Gasteiger partial charge in [-0.25, -0.2) is 9.18 Å². The molecular weight excluding hydrogens is 225 g/mol. The second-order valence-corrected chi connectivity index (χ2v) is 3.86. The van der Waals surface area contributed by atoms with Gasteiger partial charge in [0.2, 0.25) is 0 Å². The molecule has 1 heterocycles. The quantitative estimate of drug-likeness (QED) is 0.783. The van der Waals surface area contributed by atoms with Gasteiger partial charge < -0.3 is 14.8 Å². The standard InChI is InChI=1S/C12H14FNO3/c1-16-12(15)11-6-14-10(7-17-11)8-2-4-9(13)5-3-8/h2-5,10-11,14H,6-7H2,1H3. The third-order valence-corrected chi connectivity index (χ3v) is 2.75. The molecule has 1 fully saturated rings. The molecule has 2 unspecified atom stereocenters. The molecular formula is C12H14FNO3. The largest absolute Gasteiger partial charge is 0.467 e. The molecule has 1 N–H and O–H groups in total. The zero-order valence-electron chi connectivity index (χ0n) is 9.48. The van der Waals surface area contributed by atoms with Crippen molar-refractivity contribution in [1.29, 1.82) is 0 Å². The third-order valence-electron chi connectivity index (χ3n) is 2.75. The molecule has 0 aliphatic carbocycles. The molecule has 5 heteroatoms. The van der Waals surface area contributed by atoms with Crippen LogP contribution in [0.15, 0.2) is 24.3 Å². The van der Waals surface area contributed by atoms with Crippen molar-refractivity contribution < 1.29 is 18.7 Å². The first-order valence-electron chi connectivity index (χ1n) is 5.39. The fraction of sp³-hybridized carbons (Fsp3) is 0.417. The van der Waals surface area contributed by atoms with Crippen LogP contribution in [0.3, 0.4) is 0 Å². The van der Waals surface area contributed by atoms with Crippen molar-refractivity contribution in [3.63, 3.8) is 0 Å². The molecule has 1 aromatic rings. The number of rotatable bonds is 2. The molecule has 0 bridgehead atoms.